The van der Waals surface area contributed by atoms with E-state index >= 15 is 0 Å². The fourth-order valence-corrected chi connectivity index (χ4v) is 1.68. The van der Waals surface area contributed by atoms with E-state index in [1.165, 1.54) is 0 Å². The van der Waals surface area contributed by atoms with Crippen molar-refractivity contribution in [3.63, 3.8) is 0 Å². The predicted molar refractivity (Wildman–Crippen MR) is 76.3 cm³/mol. The van der Waals surface area contributed by atoms with Gasteiger partial charge in [0, 0.05) is 18.5 Å². The summed E-state index contributed by atoms with van der Waals surface area (Å²) >= 11 is 0. The first-order valence-corrected chi connectivity index (χ1v) is 6.99. The second-order valence-corrected chi connectivity index (χ2v) is 4.98. The smallest absolute Gasteiger partial charge is 0.306 e. The Bertz CT molecular complexity index is 454. The first-order valence-electron chi connectivity index (χ1n) is 6.99. The summed E-state index contributed by atoms with van der Waals surface area (Å²) in [5.74, 6) is -0.0921. The average Bonchev–Trinajstić information content (AvgIpc) is 2.84. The minimum absolute atomic E-state index is 0.141. The molecule has 1 aromatic rings. The molecule has 0 aromatic carbocycles. The molecule has 1 aromatic heterocycles. The number of carbonyl (C=O) groups is 2. The van der Waals surface area contributed by atoms with E-state index < -0.39 is 6.10 Å². The van der Waals surface area contributed by atoms with Crippen LogP contribution in [0.15, 0.2) is 12.3 Å². The zero-order chi connectivity index (χ0) is 15.1. The molecule has 1 amide bonds. The van der Waals surface area contributed by atoms with Crippen molar-refractivity contribution in [3.8, 4) is 0 Å². The molecule has 20 heavy (non-hydrogen) atoms. The highest BCUT2D eigenvalue weighted by Crippen LogP contribution is 2.13. The SMILES string of the molecule is CCCCC(=O)OC(C)C(=O)Nc1ccnn1C(C)C. The average molecular weight is 281 g/mol. The number of nitrogens with zero attached hydrogens (tertiary/aromatic N) is 2. The van der Waals surface area contributed by atoms with Crippen LogP contribution in [0.5, 0.6) is 0 Å². The van der Waals surface area contributed by atoms with Gasteiger partial charge in [0.25, 0.3) is 5.91 Å². The van der Waals surface area contributed by atoms with Crippen molar-refractivity contribution in [2.24, 2.45) is 0 Å². The van der Waals surface area contributed by atoms with E-state index in [9.17, 15) is 9.59 Å². The van der Waals surface area contributed by atoms with E-state index in [0.717, 1.165) is 12.8 Å². The molecule has 0 radical (unpaired) electrons. The Hall–Kier alpha value is -1.85. The van der Waals surface area contributed by atoms with Crippen molar-refractivity contribution in [2.75, 3.05) is 5.32 Å². The molecule has 1 N–H and O–H groups in total. The third kappa shape index (κ3) is 4.68. The molecule has 0 aliphatic rings. The number of hydrogen-bond donors (Lipinski definition) is 1. The normalized spacial score (nSPS) is 12.2. The number of nitrogens with one attached hydrogen (secondary N) is 1. The topological polar surface area (TPSA) is 73.2 Å². The van der Waals surface area contributed by atoms with Crippen LogP contribution in [-0.4, -0.2) is 27.8 Å². The summed E-state index contributed by atoms with van der Waals surface area (Å²) in [5, 5.41) is 6.84. The number of hydrogen-bond acceptors (Lipinski definition) is 4. The molecule has 0 aliphatic carbocycles. The van der Waals surface area contributed by atoms with E-state index in [0.29, 0.717) is 12.2 Å². The lowest BCUT2D eigenvalue weighted by Crippen LogP contribution is -2.31. The molecule has 0 saturated carbocycles. The van der Waals surface area contributed by atoms with Crippen molar-refractivity contribution in [3.05, 3.63) is 12.3 Å². The highest BCUT2D eigenvalue weighted by molar-refractivity contribution is 5.94. The van der Waals surface area contributed by atoms with Gasteiger partial charge in [0.2, 0.25) is 0 Å². The number of amides is 1. The lowest BCUT2D eigenvalue weighted by molar-refractivity contribution is -0.153. The van der Waals surface area contributed by atoms with Gasteiger partial charge in [0.05, 0.1) is 6.20 Å². The lowest BCUT2D eigenvalue weighted by Gasteiger charge is -2.15. The molecule has 0 bridgehead atoms. The largest absolute Gasteiger partial charge is 0.453 e. The maximum atomic E-state index is 12.0. The molecule has 0 fully saturated rings. The standard InChI is InChI=1S/C14H23N3O3/c1-5-6-7-13(18)20-11(4)14(19)16-12-8-9-15-17(12)10(2)3/h8-11H,5-7H2,1-4H3,(H,16,19). The summed E-state index contributed by atoms with van der Waals surface area (Å²) in [4.78, 5) is 23.4. The zero-order valence-corrected chi connectivity index (χ0v) is 12.5. The lowest BCUT2D eigenvalue weighted by atomic mass is 10.2. The van der Waals surface area contributed by atoms with E-state index in [4.69, 9.17) is 4.74 Å². The van der Waals surface area contributed by atoms with E-state index in [1.54, 1.807) is 23.9 Å². The first kappa shape index (κ1) is 16.2. The highest BCUT2D eigenvalue weighted by atomic mass is 16.5. The Morgan fingerprint density at radius 3 is 2.70 bits per heavy atom. The monoisotopic (exact) mass is 281 g/mol. The molecular weight excluding hydrogens is 258 g/mol. The van der Waals surface area contributed by atoms with Crippen LogP contribution in [0.4, 0.5) is 5.82 Å². The van der Waals surface area contributed by atoms with Gasteiger partial charge in [0.15, 0.2) is 6.10 Å². The van der Waals surface area contributed by atoms with Crippen LogP contribution in [0, 0.1) is 0 Å². The number of esters is 1. The molecule has 0 spiro atoms. The maximum Gasteiger partial charge on any atom is 0.306 e. The van der Waals surface area contributed by atoms with Gasteiger partial charge in [-0.2, -0.15) is 5.10 Å². The summed E-state index contributed by atoms with van der Waals surface area (Å²) in [6.45, 7) is 7.50. The third-order valence-electron chi connectivity index (χ3n) is 2.82. The van der Waals surface area contributed by atoms with Crippen LogP contribution in [0.25, 0.3) is 0 Å². The first-order chi connectivity index (χ1) is 9.45. The third-order valence-corrected chi connectivity index (χ3v) is 2.82. The van der Waals surface area contributed by atoms with Crippen LogP contribution in [0.1, 0.15) is 53.0 Å². The zero-order valence-electron chi connectivity index (χ0n) is 12.5. The number of anilines is 1. The summed E-state index contributed by atoms with van der Waals surface area (Å²) in [5.41, 5.74) is 0. The highest BCUT2D eigenvalue weighted by Gasteiger charge is 2.19. The number of aromatic nitrogens is 2. The van der Waals surface area contributed by atoms with Gasteiger partial charge in [-0.05, 0) is 27.2 Å². The van der Waals surface area contributed by atoms with Crippen molar-refractivity contribution >= 4 is 17.7 Å². The molecule has 1 heterocycles. The summed E-state index contributed by atoms with van der Waals surface area (Å²) in [6, 6.07) is 1.85. The van der Waals surface area contributed by atoms with Crippen LogP contribution < -0.4 is 5.32 Å². The molecule has 0 aliphatic heterocycles. The van der Waals surface area contributed by atoms with Crippen LogP contribution in [0.3, 0.4) is 0 Å². The van der Waals surface area contributed by atoms with Crippen LogP contribution in [-0.2, 0) is 14.3 Å². The Morgan fingerprint density at radius 2 is 2.10 bits per heavy atom. The van der Waals surface area contributed by atoms with E-state index in [1.807, 2.05) is 20.8 Å². The van der Waals surface area contributed by atoms with Gasteiger partial charge in [-0.1, -0.05) is 13.3 Å². The van der Waals surface area contributed by atoms with Gasteiger partial charge >= 0.3 is 5.97 Å². The molecule has 0 saturated heterocycles. The Balaban J connectivity index is 2.53. The molecular formula is C14H23N3O3. The van der Waals surface area contributed by atoms with Crippen molar-refractivity contribution < 1.29 is 14.3 Å². The maximum absolute atomic E-state index is 12.0. The van der Waals surface area contributed by atoms with Crippen LogP contribution >= 0.6 is 0 Å². The predicted octanol–water partition coefficient (Wildman–Crippen LogP) is 2.52. The minimum Gasteiger partial charge on any atom is -0.453 e. The van der Waals surface area contributed by atoms with E-state index in [2.05, 4.69) is 10.4 Å². The van der Waals surface area contributed by atoms with Gasteiger partial charge in [0.1, 0.15) is 5.82 Å². The van der Waals surface area contributed by atoms with Crippen molar-refractivity contribution in [1.29, 1.82) is 0 Å². The molecule has 1 unspecified atom stereocenters. The second-order valence-electron chi connectivity index (χ2n) is 4.98. The summed E-state index contributed by atoms with van der Waals surface area (Å²) < 4.78 is 6.78. The Labute approximate surface area is 119 Å². The molecule has 1 rings (SSSR count). The summed E-state index contributed by atoms with van der Waals surface area (Å²) in [6.07, 6.45) is 2.84. The van der Waals surface area contributed by atoms with Crippen molar-refractivity contribution in [2.45, 2.75) is 59.1 Å². The van der Waals surface area contributed by atoms with Gasteiger partial charge in [-0.25, -0.2) is 4.68 Å². The quantitative estimate of drug-likeness (QED) is 0.779. The van der Waals surface area contributed by atoms with Gasteiger partial charge in [-0.3, -0.25) is 9.59 Å². The van der Waals surface area contributed by atoms with Gasteiger partial charge in [-0.15, -0.1) is 0 Å². The number of ether oxygens (including phenoxy) is 1. The Morgan fingerprint density at radius 1 is 1.40 bits per heavy atom. The Kier molecular flexibility index (Phi) is 6.21. The number of rotatable bonds is 7. The van der Waals surface area contributed by atoms with E-state index in [-0.39, 0.29) is 17.9 Å². The molecule has 1 atom stereocenters. The van der Waals surface area contributed by atoms with Gasteiger partial charge < -0.3 is 10.1 Å². The minimum atomic E-state index is -0.810. The number of carbonyl (C=O) groups excluding carboxylic acids is 2. The second kappa shape index (κ2) is 7.67. The molecule has 112 valence electrons. The van der Waals surface area contributed by atoms with Crippen LogP contribution in [0.2, 0.25) is 0 Å². The fraction of sp³-hybridized carbons (Fsp3) is 0.643. The number of unbranched alkanes of at least 4 members (excludes halogenated alkanes) is 1. The molecule has 6 heteroatoms. The molecule has 6 nitrogen and oxygen atoms in total. The van der Waals surface area contributed by atoms with Crippen molar-refractivity contribution in [1.82, 2.24) is 9.78 Å². The summed E-state index contributed by atoms with van der Waals surface area (Å²) in [7, 11) is 0. The fourth-order valence-electron chi connectivity index (χ4n) is 1.68.